The summed E-state index contributed by atoms with van der Waals surface area (Å²) in [6.45, 7) is 0.700. The highest BCUT2D eigenvalue weighted by atomic mass is 19.4. The second-order valence-electron chi connectivity index (χ2n) is 5.61. The first-order valence-electron chi connectivity index (χ1n) is 7.16. The number of benzene rings is 1. The number of H-pyrrole nitrogens is 1. The quantitative estimate of drug-likeness (QED) is 0.724. The summed E-state index contributed by atoms with van der Waals surface area (Å²) >= 11 is 0. The summed E-state index contributed by atoms with van der Waals surface area (Å²) < 4.78 is 38.3. The molecule has 0 spiro atoms. The molecule has 0 saturated heterocycles. The van der Waals surface area contributed by atoms with Crippen molar-refractivity contribution in [2.45, 2.75) is 25.7 Å². The van der Waals surface area contributed by atoms with Crippen molar-refractivity contribution in [3.05, 3.63) is 51.2 Å². The highest BCUT2D eigenvalue weighted by Crippen LogP contribution is 2.28. The minimum absolute atomic E-state index is 0.0193. The predicted octanol–water partition coefficient (Wildman–Crippen LogP) is 1.76. The Hall–Kier alpha value is -2.55. The van der Waals surface area contributed by atoms with E-state index in [4.69, 9.17) is 0 Å². The molecule has 1 aromatic carbocycles. The number of aromatic hydroxyl groups is 2. The van der Waals surface area contributed by atoms with Gasteiger partial charge in [-0.3, -0.25) is 9.69 Å². The van der Waals surface area contributed by atoms with Crippen LogP contribution in [0, 0.1) is 0 Å². The zero-order valence-corrected chi connectivity index (χ0v) is 12.4. The summed E-state index contributed by atoms with van der Waals surface area (Å²) in [4.78, 5) is 18.9. The Balaban J connectivity index is 1.87. The van der Waals surface area contributed by atoms with Gasteiger partial charge in [-0.25, -0.2) is 4.98 Å². The van der Waals surface area contributed by atoms with Crippen LogP contribution in [0.5, 0.6) is 11.5 Å². The first-order chi connectivity index (χ1) is 11.2. The SMILES string of the molecule is O=c1[nH]c(C(F)(F)F)nc2c1CCN(Cc1cc(O)ccc1O)C2. The number of nitrogens with zero attached hydrogens (tertiary/aromatic N) is 2. The highest BCUT2D eigenvalue weighted by molar-refractivity contribution is 5.38. The summed E-state index contributed by atoms with van der Waals surface area (Å²) in [5.74, 6) is -1.35. The molecular weight excluding hydrogens is 327 g/mol. The Morgan fingerprint density at radius 3 is 2.75 bits per heavy atom. The van der Waals surface area contributed by atoms with Crippen LogP contribution in [0.25, 0.3) is 0 Å². The fourth-order valence-corrected chi connectivity index (χ4v) is 2.70. The van der Waals surface area contributed by atoms with Crippen LogP contribution in [0.2, 0.25) is 0 Å². The monoisotopic (exact) mass is 341 g/mol. The third kappa shape index (κ3) is 3.21. The van der Waals surface area contributed by atoms with Gasteiger partial charge >= 0.3 is 6.18 Å². The van der Waals surface area contributed by atoms with Gasteiger partial charge in [0.2, 0.25) is 5.82 Å². The third-order valence-corrected chi connectivity index (χ3v) is 3.88. The second-order valence-corrected chi connectivity index (χ2v) is 5.61. The number of halogens is 3. The van der Waals surface area contributed by atoms with Crippen LogP contribution in [0.1, 0.15) is 22.6 Å². The molecule has 1 aliphatic rings. The highest BCUT2D eigenvalue weighted by Gasteiger charge is 2.36. The molecule has 2 heterocycles. The molecule has 0 atom stereocenters. The normalized spacial score (nSPS) is 15.3. The Labute approximate surface area is 134 Å². The molecule has 0 bridgehead atoms. The largest absolute Gasteiger partial charge is 0.508 e. The van der Waals surface area contributed by atoms with Crippen molar-refractivity contribution >= 4 is 0 Å². The maximum Gasteiger partial charge on any atom is 0.449 e. The topological polar surface area (TPSA) is 89.5 Å². The molecule has 1 aromatic heterocycles. The third-order valence-electron chi connectivity index (χ3n) is 3.88. The average molecular weight is 341 g/mol. The van der Waals surface area contributed by atoms with E-state index in [9.17, 15) is 28.2 Å². The van der Waals surface area contributed by atoms with E-state index >= 15 is 0 Å². The molecule has 128 valence electrons. The number of aromatic amines is 1. The number of phenols is 2. The molecule has 6 nitrogen and oxygen atoms in total. The first kappa shape index (κ1) is 16.3. The molecule has 0 amide bonds. The molecule has 0 aliphatic carbocycles. The standard InChI is InChI=1S/C15H14F3N3O3/c16-15(17,18)14-19-11-7-21(4-3-10(11)13(24)20-14)6-8-5-9(22)1-2-12(8)23/h1-2,5,22-23H,3-4,6-7H2,(H,19,20,24). The number of nitrogens with one attached hydrogen (secondary N) is 1. The van der Waals surface area contributed by atoms with Crippen molar-refractivity contribution < 1.29 is 23.4 Å². The molecule has 2 aromatic rings. The Bertz CT molecular complexity index is 833. The van der Waals surface area contributed by atoms with Crippen LogP contribution < -0.4 is 5.56 Å². The van der Waals surface area contributed by atoms with Gasteiger partial charge in [0.1, 0.15) is 11.5 Å². The number of fused-ring (bicyclic) bond motifs is 1. The van der Waals surface area contributed by atoms with Crippen molar-refractivity contribution in [3.63, 3.8) is 0 Å². The van der Waals surface area contributed by atoms with E-state index < -0.39 is 17.6 Å². The van der Waals surface area contributed by atoms with E-state index in [1.807, 2.05) is 0 Å². The lowest BCUT2D eigenvalue weighted by molar-refractivity contribution is -0.145. The van der Waals surface area contributed by atoms with Crippen LogP contribution in [-0.2, 0) is 25.7 Å². The van der Waals surface area contributed by atoms with E-state index in [-0.39, 0.29) is 42.3 Å². The van der Waals surface area contributed by atoms with E-state index in [1.165, 1.54) is 18.2 Å². The molecule has 0 radical (unpaired) electrons. The first-order valence-corrected chi connectivity index (χ1v) is 7.16. The van der Waals surface area contributed by atoms with Gasteiger partial charge in [0, 0.05) is 30.8 Å². The van der Waals surface area contributed by atoms with Crippen molar-refractivity contribution in [3.8, 4) is 11.5 Å². The summed E-state index contributed by atoms with van der Waals surface area (Å²) in [7, 11) is 0. The van der Waals surface area contributed by atoms with Gasteiger partial charge < -0.3 is 15.2 Å². The Morgan fingerprint density at radius 2 is 2.04 bits per heavy atom. The summed E-state index contributed by atoms with van der Waals surface area (Å²) in [5, 5.41) is 19.3. The van der Waals surface area contributed by atoms with Gasteiger partial charge in [0.05, 0.1) is 5.69 Å². The van der Waals surface area contributed by atoms with Crippen LogP contribution in [0.4, 0.5) is 13.2 Å². The van der Waals surface area contributed by atoms with E-state index in [0.29, 0.717) is 12.1 Å². The fraction of sp³-hybridized carbons (Fsp3) is 0.333. The Morgan fingerprint density at radius 1 is 1.29 bits per heavy atom. The van der Waals surface area contributed by atoms with Gasteiger partial charge in [-0.2, -0.15) is 13.2 Å². The molecule has 0 unspecified atom stereocenters. The number of phenolic OH excluding ortho intramolecular Hbond substituents is 2. The van der Waals surface area contributed by atoms with Crippen LogP contribution in [-0.4, -0.2) is 31.6 Å². The predicted molar refractivity (Wildman–Crippen MR) is 77.4 cm³/mol. The lowest BCUT2D eigenvalue weighted by Crippen LogP contribution is -2.36. The van der Waals surface area contributed by atoms with Gasteiger partial charge in [0.15, 0.2) is 0 Å². The fourth-order valence-electron chi connectivity index (χ4n) is 2.70. The molecule has 1 aliphatic heterocycles. The summed E-state index contributed by atoms with van der Waals surface area (Å²) in [5.41, 5.74) is 0.00265. The molecule has 3 rings (SSSR count). The van der Waals surface area contributed by atoms with E-state index in [1.54, 1.807) is 9.88 Å². The second kappa shape index (κ2) is 5.82. The van der Waals surface area contributed by atoms with E-state index in [0.717, 1.165) is 0 Å². The average Bonchev–Trinajstić information content (AvgIpc) is 2.49. The summed E-state index contributed by atoms with van der Waals surface area (Å²) in [6.07, 6.45) is -4.46. The van der Waals surface area contributed by atoms with Crippen LogP contribution >= 0.6 is 0 Å². The van der Waals surface area contributed by atoms with Crippen molar-refractivity contribution in [1.29, 1.82) is 0 Å². The lowest BCUT2D eigenvalue weighted by Gasteiger charge is -2.28. The number of rotatable bonds is 2. The van der Waals surface area contributed by atoms with Crippen LogP contribution in [0.15, 0.2) is 23.0 Å². The molecular formula is C15H14F3N3O3. The van der Waals surface area contributed by atoms with Gasteiger partial charge in [0.25, 0.3) is 5.56 Å². The number of hydrogen-bond donors (Lipinski definition) is 3. The number of hydrogen-bond acceptors (Lipinski definition) is 5. The van der Waals surface area contributed by atoms with E-state index in [2.05, 4.69) is 4.98 Å². The molecule has 9 heteroatoms. The molecule has 0 fully saturated rings. The maximum absolute atomic E-state index is 12.8. The van der Waals surface area contributed by atoms with Crippen molar-refractivity contribution in [2.24, 2.45) is 0 Å². The van der Waals surface area contributed by atoms with Crippen molar-refractivity contribution in [1.82, 2.24) is 14.9 Å². The lowest BCUT2D eigenvalue weighted by atomic mass is 10.1. The van der Waals surface area contributed by atoms with Crippen molar-refractivity contribution in [2.75, 3.05) is 6.54 Å². The smallest absolute Gasteiger partial charge is 0.449 e. The van der Waals surface area contributed by atoms with Gasteiger partial charge in [-0.05, 0) is 24.6 Å². The minimum atomic E-state index is -4.72. The number of alkyl halides is 3. The molecule has 24 heavy (non-hydrogen) atoms. The summed E-state index contributed by atoms with van der Waals surface area (Å²) in [6, 6.07) is 4.06. The molecule has 0 saturated carbocycles. The zero-order valence-electron chi connectivity index (χ0n) is 12.4. The molecule has 3 N–H and O–H groups in total. The zero-order chi connectivity index (χ0) is 17.5. The Kier molecular flexibility index (Phi) is 3.96. The van der Waals surface area contributed by atoms with Gasteiger partial charge in [-0.1, -0.05) is 0 Å². The maximum atomic E-state index is 12.8. The number of aromatic nitrogens is 2. The minimum Gasteiger partial charge on any atom is -0.508 e. The van der Waals surface area contributed by atoms with Crippen LogP contribution in [0.3, 0.4) is 0 Å². The van der Waals surface area contributed by atoms with Gasteiger partial charge in [-0.15, -0.1) is 0 Å².